The summed E-state index contributed by atoms with van der Waals surface area (Å²) in [6.07, 6.45) is 1.71. The van der Waals surface area contributed by atoms with Gasteiger partial charge in [0.15, 0.2) is 0 Å². The molecule has 24 heavy (non-hydrogen) atoms. The highest BCUT2D eigenvalue weighted by Gasteiger charge is 2.18. The summed E-state index contributed by atoms with van der Waals surface area (Å²) in [5, 5.41) is 5.05. The molecular weight excluding hydrogens is 311 g/mol. The third kappa shape index (κ3) is 3.43. The van der Waals surface area contributed by atoms with E-state index in [2.05, 4.69) is 10.6 Å². The minimum atomic E-state index is -0.588. The van der Waals surface area contributed by atoms with Crippen LogP contribution in [0.5, 0.6) is 5.75 Å². The minimum Gasteiger partial charge on any atom is -0.488 e. The molecule has 1 aliphatic rings. The molecule has 122 valence electrons. The number of nitrogens with one attached hydrogen (secondary N) is 2. The van der Waals surface area contributed by atoms with Crippen molar-refractivity contribution in [2.45, 2.75) is 6.92 Å². The van der Waals surface area contributed by atoms with Crippen LogP contribution in [0.1, 0.15) is 12.5 Å². The number of fused-ring (bicyclic) bond motifs is 1. The van der Waals surface area contributed by atoms with Crippen LogP contribution >= 0.6 is 0 Å². The number of carbonyl (C=O) groups excluding carboxylic acids is 2. The van der Waals surface area contributed by atoms with E-state index in [0.717, 1.165) is 5.56 Å². The average molecular weight is 326 g/mol. The van der Waals surface area contributed by atoms with E-state index in [-0.39, 0.29) is 18.2 Å². The third-order valence-corrected chi connectivity index (χ3v) is 3.46. The van der Waals surface area contributed by atoms with Crippen LogP contribution in [0.2, 0.25) is 0 Å². The van der Waals surface area contributed by atoms with E-state index in [0.29, 0.717) is 17.0 Å². The molecule has 0 saturated heterocycles. The first-order valence-corrected chi connectivity index (χ1v) is 7.34. The molecule has 0 unspecified atom stereocenters. The van der Waals surface area contributed by atoms with Crippen molar-refractivity contribution in [1.82, 2.24) is 0 Å². The molecule has 0 aliphatic carbocycles. The Hall–Kier alpha value is -3.15. The quantitative estimate of drug-likeness (QED) is 0.910. The van der Waals surface area contributed by atoms with E-state index in [9.17, 15) is 14.0 Å². The molecule has 2 aromatic carbocycles. The van der Waals surface area contributed by atoms with E-state index in [1.54, 1.807) is 6.08 Å². The molecule has 0 radical (unpaired) electrons. The Morgan fingerprint density at radius 3 is 2.71 bits per heavy atom. The van der Waals surface area contributed by atoms with Gasteiger partial charge >= 0.3 is 0 Å². The summed E-state index contributed by atoms with van der Waals surface area (Å²) in [5.74, 6) is -0.620. The van der Waals surface area contributed by atoms with Crippen molar-refractivity contribution in [3.8, 4) is 5.75 Å². The van der Waals surface area contributed by atoms with Gasteiger partial charge in [-0.15, -0.1) is 0 Å². The molecular formula is C18H15FN2O3. The molecule has 0 fully saturated rings. The second kappa shape index (κ2) is 6.54. The van der Waals surface area contributed by atoms with Gasteiger partial charge in [0.1, 0.15) is 18.2 Å². The molecule has 1 aliphatic heterocycles. The second-order valence-corrected chi connectivity index (χ2v) is 5.33. The number of amides is 2. The Labute approximate surface area is 138 Å². The molecule has 0 atom stereocenters. The summed E-state index contributed by atoms with van der Waals surface area (Å²) >= 11 is 0. The predicted molar refractivity (Wildman–Crippen MR) is 89.2 cm³/mol. The van der Waals surface area contributed by atoms with Crippen molar-refractivity contribution in [3.05, 3.63) is 59.4 Å². The molecule has 0 bridgehead atoms. The fourth-order valence-electron chi connectivity index (χ4n) is 2.35. The van der Waals surface area contributed by atoms with Gasteiger partial charge in [-0.1, -0.05) is 18.2 Å². The summed E-state index contributed by atoms with van der Waals surface area (Å²) in [4.78, 5) is 23.4. The third-order valence-electron chi connectivity index (χ3n) is 3.46. The van der Waals surface area contributed by atoms with Crippen molar-refractivity contribution >= 4 is 29.3 Å². The largest absolute Gasteiger partial charge is 0.488 e. The molecule has 2 amide bonds. The van der Waals surface area contributed by atoms with E-state index in [1.807, 2.05) is 24.3 Å². The number of hydrogen-bond acceptors (Lipinski definition) is 3. The highest BCUT2D eigenvalue weighted by atomic mass is 19.1. The fraction of sp³-hybridized carbons (Fsp3) is 0.111. The van der Waals surface area contributed by atoms with Crippen LogP contribution in [0.25, 0.3) is 6.08 Å². The molecule has 1 heterocycles. The lowest BCUT2D eigenvalue weighted by molar-refractivity contribution is -0.114. The van der Waals surface area contributed by atoms with Gasteiger partial charge in [0.25, 0.3) is 5.91 Å². The zero-order chi connectivity index (χ0) is 17.1. The van der Waals surface area contributed by atoms with E-state index < -0.39 is 11.7 Å². The first kappa shape index (κ1) is 15.7. The minimum absolute atomic E-state index is 0.00833. The number of anilines is 2. The lowest BCUT2D eigenvalue weighted by Gasteiger charge is -2.17. The Morgan fingerprint density at radius 2 is 1.92 bits per heavy atom. The number of hydrogen-bond donors (Lipinski definition) is 2. The van der Waals surface area contributed by atoms with E-state index >= 15 is 0 Å². The van der Waals surface area contributed by atoms with Gasteiger partial charge in [0.05, 0.1) is 11.3 Å². The number of rotatable bonds is 3. The first-order chi connectivity index (χ1) is 11.5. The van der Waals surface area contributed by atoms with E-state index in [1.165, 1.54) is 25.1 Å². The van der Waals surface area contributed by atoms with E-state index in [4.69, 9.17) is 4.74 Å². The Kier molecular flexibility index (Phi) is 4.29. The number of para-hydroxylation sites is 1. The molecule has 2 N–H and O–H groups in total. The number of ether oxygens (including phenoxy) is 1. The monoisotopic (exact) mass is 326 g/mol. The molecule has 0 aromatic heterocycles. The summed E-state index contributed by atoms with van der Waals surface area (Å²) in [5.41, 5.74) is 1.57. The highest BCUT2D eigenvalue weighted by Crippen LogP contribution is 2.27. The zero-order valence-corrected chi connectivity index (χ0v) is 12.9. The Bertz CT molecular complexity index is 846. The first-order valence-electron chi connectivity index (χ1n) is 7.34. The topological polar surface area (TPSA) is 67.4 Å². The predicted octanol–water partition coefficient (Wildman–Crippen LogP) is 3.20. The summed E-state index contributed by atoms with van der Waals surface area (Å²) in [6, 6.07) is 11.3. The number of halogens is 1. The van der Waals surface area contributed by atoms with Crippen LogP contribution in [0.15, 0.2) is 48.0 Å². The van der Waals surface area contributed by atoms with Crippen LogP contribution in [-0.2, 0) is 9.59 Å². The van der Waals surface area contributed by atoms with Crippen LogP contribution in [0.4, 0.5) is 15.8 Å². The standard InChI is InChI=1S/C18H15FN2O3/c1-11(22)20-14-6-7-15(19)16(9-14)21-18(23)13-8-12-4-2-3-5-17(12)24-10-13/h2-9H,10H2,1H3,(H,20,22)(H,21,23). The Balaban J connectivity index is 1.80. The van der Waals surface area contributed by atoms with Crippen molar-refractivity contribution in [2.75, 3.05) is 17.2 Å². The van der Waals surface area contributed by atoms with Gasteiger partial charge < -0.3 is 15.4 Å². The Morgan fingerprint density at radius 1 is 1.12 bits per heavy atom. The normalized spacial score (nSPS) is 12.5. The van der Waals surface area contributed by atoms with Gasteiger partial charge in [-0.05, 0) is 30.3 Å². The van der Waals surface area contributed by atoms with Gasteiger partial charge in [-0.25, -0.2) is 4.39 Å². The van der Waals surface area contributed by atoms with Crippen LogP contribution in [0, 0.1) is 5.82 Å². The molecule has 0 spiro atoms. The lowest BCUT2D eigenvalue weighted by atomic mass is 10.1. The highest BCUT2D eigenvalue weighted by molar-refractivity contribution is 6.07. The number of benzene rings is 2. The molecule has 5 nitrogen and oxygen atoms in total. The molecule has 0 saturated carbocycles. The maximum absolute atomic E-state index is 13.9. The zero-order valence-electron chi connectivity index (χ0n) is 12.9. The van der Waals surface area contributed by atoms with Crippen molar-refractivity contribution in [1.29, 1.82) is 0 Å². The summed E-state index contributed by atoms with van der Waals surface area (Å²) in [7, 11) is 0. The molecule has 3 rings (SSSR count). The van der Waals surface area contributed by atoms with Crippen LogP contribution in [0.3, 0.4) is 0 Å². The SMILES string of the molecule is CC(=O)Nc1ccc(F)c(NC(=O)C2=Cc3ccccc3OC2)c1. The van der Waals surface area contributed by atoms with Crippen molar-refractivity contribution in [2.24, 2.45) is 0 Å². The molecule has 2 aromatic rings. The maximum atomic E-state index is 13.9. The van der Waals surface area contributed by atoms with Crippen LogP contribution < -0.4 is 15.4 Å². The second-order valence-electron chi connectivity index (χ2n) is 5.33. The summed E-state index contributed by atoms with van der Waals surface area (Å²) < 4.78 is 19.4. The molecule has 6 heteroatoms. The van der Waals surface area contributed by atoms with Gasteiger partial charge in [0, 0.05) is 18.2 Å². The average Bonchev–Trinajstić information content (AvgIpc) is 2.57. The van der Waals surface area contributed by atoms with Gasteiger partial charge in [-0.3, -0.25) is 9.59 Å². The van der Waals surface area contributed by atoms with Crippen LogP contribution in [-0.4, -0.2) is 18.4 Å². The summed E-state index contributed by atoms with van der Waals surface area (Å²) in [6.45, 7) is 1.46. The van der Waals surface area contributed by atoms with Crippen molar-refractivity contribution < 1.29 is 18.7 Å². The lowest BCUT2D eigenvalue weighted by Crippen LogP contribution is -2.21. The smallest absolute Gasteiger partial charge is 0.255 e. The van der Waals surface area contributed by atoms with Gasteiger partial charge in [0.2, 0.25) is 5.91 Å². The maximum Gasteiger partial charge on any atom is 0.255 e. The van der Waals surface area contributed by atoms with Gasteiger partial charge in [-0.2, -0.15) is 0 Å². The van der Waals surface area contributed by atoms with Crippen molar-refractivity contribution in [3.63, 3.8) is 0 Å². The fourth-order valence-corrected chi connectivity index (χ4v) is 2.35. The number of carbonyl (C=O) groups is 2.